The van der Waals surface area contributed by atoms with Crippen molar-refractivity contribution in [1.29, 1.82) is 0 Å². The molecule has 1 saturated heterocycles. The van der Waals surface area contributed by atoms with Crippen LogP contribution in [-0.2, 0) is 11.3 Å². The number of anilines is 1. The zero-order valence-corrected chi connectivity index (χ0v) is 17.0. The Morgan fingerprint density at radius 2 is 1.96 bits per heavy atom. The number of benzene rings is 2. The highest BCUT2D eigenvalue weighted by molar-refractivity contribution is 6.42. The maximum Gasteiger partial charge on any atom is 0.234 e. The molecule has 2 aromatic rings. The molecule has 0 saturated carbocycles. The van der Waals surface area contributed by atoms with Crippen molar-refractivity contribution >= 4 is 34.8 Å². The summed E-state index contributed by atoms with van der Waals surface area (Å²) in [5.41, 5.74) is 2.18. The van der Waals surface area contributed by atoms with Gasteiger partial charge in [0.2, 0.25) is 5.91 Å². The number of para-hydroxylation sites is 1. The van der Waals surface area contributed by atoms with Crippen LogP contribution in [0.25, 0.3) is 0 Å². The van der Waals surface area contributed by atoms with Gasteiger partial charge in [-0.2, -0.15) is 0 Å². The van der Waals surface area contributed by atoms with E-state index < -0.39 is 0 Å². The first-order valence-electron chi connectivity index (χ1n) is 9.21. The third kappa shape index (κ3) is 5.61. The van der Waals surface area contributed by atoms with E-state index in [9.17, 15) is 4.79 Å². The van der Waals surface area contributed by atoms with E-state index in [4.69, 9.17) is 23.2 Å². The Kier molecular flexibility index (Phi) is 7.00. The molecule has 1 amide bonds. The van der Waals surface area contributed by atoms with Crippen LogP contribution < -0.4 is 10.2 Å². The predicted molar refractivity (Wildman–Crippen MR) is 113 cm³/mol. The van der Waals surface area contributed by atoms with E-state index in [2.05, 4.69) is 34.5 Å². The molecule has 1 fully saturated rings. The van der Waals surface area contributed by atoms with Crippen LogP contribution in [0.1, 0.15) is 12.0 Å². The lowest BCUT2D eigenvalue weighted by molar-refractivity contribution is -0.122. The molecule has 4 nitrogen and oxygen atoms in total. The van der Waals surface area contributed by atoms with Crippen molar-refractivity contribution in [1.82, 2.24) is 10.2 Å². The van der Waals surface area contributed by atoms with Crippen molar-refractivity contribution < 1.29 is 4.79 Å². The Bertz CT molecular complexity index is 769. The summed E-state index contributed by atoms with van der Waals surface area (Å²) in [5, 5.41) is 4.17. The molecule has 144 valence electrons. The van der Waals surface area contributed by atoms with Crippen molar-refractivity contribution in [3.63, 3.8) is 0 Å². The highest BCUT2D eigenvalue weighted by atomic mass is 35.5. The van der Waals surface area contributed by atoms with Gasteiger partial charge >= 0.3 is 0 Å². The van der Waals surface area contributed by atoms with Crippen molar-refractivity contribution in [2.24, 2.45) is 5.92 Å². The van der Waals surface area contributed by atoms with Crippen molar-refractivity contribution in [3.8, 4) is 0 Å². The summed E-state index contributed by atoms with van der Waals surface area (Å²) in [6.07, 6.45) is 1.10. The van der Waals surface area contributed by atoms with E-state index in [0.29, 0.717) is 35.6 Å². The Balaban J connectivity index is 1.41. The summed E-state index contributed by atoms with van der Waals surface area (Å²) in [6.45, 7) is 3.65. The van der Waals surface area contributed by atoms with Gasteiger partial charge in [-0.15, -0.1) is 0 Å². The van der Waals surface area contributed by atoms with E-state index >= 15 is 0 Å². The third-order valence-corrected chi connectivity index (χ3v) is 5.74. The molecule has 0 aliphatic carbocycles. The van der Waals surface area contributed by atoms with Crippen LogP contribution in [0.5, 0.6) is 0 Å². The van der Waals surface area contributed by atoms with Crippen LogP contribution in [0, 0.1) is 5.92 Å². The minimum Gasteiger partial charge on any atom is -0.371 e. The van der Waals surface area contributed by atoms with Gasteiger partial charge < -0.3 is 10.2 Å². The first kappa shape index (κ1) is 20.0. The van der Waals surface area contributed by atoms with Gasteiger partial charge in [-0.25, -0.2) is 0 Å². The molecule has 2 aromatic carbocycles. The largest absolute Gasteiger partial charge is 0.371 e. The van der Waals surface area contributed by atoms with Gasteiger partial charge in [-0.05, 0) is 43.1 Å². The molecular weight excluding hydrogens is 381 g/mol. The van der Waals surface area contributed by atoms with Gasteiger partial charge in [-0.1, -0.05) is 53.5 Å². The lowest BCUT2D eigenvalue weighted by atomic mass is 10.1. The second kappa shape index (κ2) is 9.45. The molecular formula is C21H25Cl2N3O. The van der Waals surface area contributed by atoms with Crippen LogP contribution in [0.3, 0.4) is 0 Å². The number of likely N-dealkylation sites (N-methyl/N-ethyl adjacent to an activating group) is 1. The van der Waals surface area contributed by atoms with Crippen LogP contribution in [-0.4, -0.2) is 44.0 Å². The Morgan fingerprint density at radius 1 is 1.19 bits per heavy atom. The molecule has 3 rings (SSSR count). The second-order valence-electron chi connectivity index (χ2n) is 7.13. The van der Waals surface area contributed by atoms with Crippen LogP contribution in [0.2, 0.25) is 10.0 Å². The van der Waals surface area contributed by atoms with E-state index in [1.807, 2.05) is 30.1 Å². The molecule has 1 atom stereocenters. The average molecular weight is 406 g/mol. The molecule has 27 heavy (non-hydrogen) atoms. The summed E-state index contributed by atoms with van der Waals surface area (Å²) < 4.78 is 0. The first-order chi connectivity index (χ1) is 13.0. The number of carbonyl (C=O) groups excluding carboxylic acids is 1. The SMILES string of the molecule is CN(CC(=O)NCC1CCN(c2ccccc2)C1)Cc1cccc(Cl)c1Cl. The average Bonchev–Trinajstić information content (AvgIpc) is 3.14. The van der Waals surface area contributed by atoms with Crippen molar-refractivity contribution in [2.45, 2.75) is 13.0 Å². The molecule has 1 unspecified atom stereocenters. The normalized spacial score (nSPS) is 16.7. The number of carbonyl (C=O) groups is 1. The lowest BCUT2D eigenvalue weighted by Crippen LogP contribution is -2.37. The number of halogens is 2. The summed E-state index contributed by atoms with van der Waals surface area (Å²) in [7, 11) is 1.91. The maximum atomic E-state index is 12.3. The topological polar surface area (TPSA) is 35.6 Å². The van der Waals surface area contributed by atoms with Gasteiger partial charge in [0.15, 0.2) is 0 Å². The number of nitrogens with zero attached hydrogens (tertiary/aromatic N) is 2. The summed E-state index contributed by atoms with van der Waals surface area (Å²) in [5.74, 6) is 0.524. The zero-order valence-electron chi connectivity index (χ0n) is 15.5. The van der Waals surface area contributed by atoms with E-state index in [-0.39, 0.29) is 5.91 Å². The second-order valence-corrected chi connectivity index (χ2v) is 7.91. The standard InChI is InChI=1S/C21H25Cl2N3O/c1-25(14-17-6-5-9-19(22)21(17)23)15-20(27)24-12-16-10-11-26(13-16)18-7-3-2-4-8-18/h2-9,16H,10-15H2,1H3,(H,24,27). The molecule has 0 radical (unpaired) electrons. The van der Waals surface area contributed by atoms with Gasteiger partial charge in [-0.3, -0.25) is 9.69 Å². The van der Waals surface area contributed by atoms with Crippen LogP contribution >= 0.6 is 23.2 Å². The van der Waals surface area contributed by atoms with E-state index in [1.54, 1.807) is 6.07 Å². The summed E-state index contributed by atoms with van der Waals surface area (Å²) in [6, 6.07) is 16.0. The Hall–Kier alpha value is -1.75. The fraction of sp³-hybridized carbons (Fsp3) is 0.381. The molecule has 1 aliphatic rings. The Morgan fingerprint density at radius 3 is 2.74 bits per heavy atom. The van der Waals surface area contributed by atoms with Crippen LogP contribution in [0.15, 0.2) is 48.5 Å². The van der Waals surface area contributed by atoms with Gasteiger partial charge in [0.1, 0.15) is 0 Å². The maximum absolute atomic E-state index is 12.3. The number of nitrogens with one attached hydrogen (secondary N) is 1. The quantitative estimate of drug-likeness (QED) is 0.753. The van der Waals surface area contributed by atoms with E-state index in [0.717, 1.165) is 25.1 Å². The van der Waals surface area contributed by atoms with E-state index in [1.165, 1.54) is 5.69 Å². The monoisotopic (exact) mass is 405 g/mol. The number of hydrogen-bond acceptors (Lipinski definition) is 3. The predicted octanol–water partition coefficient (Wildman–Crippen LogP) is 4.07. The molecule has 0 spiro atoms. The summed E-state index contributed by atoms with van der Waals surface area (Å²) >= 11 is 12.3. The van der Waals surface area contributed by atoms with Gasteiger partial charge in [0.25, 0.3) is 0 Å². The minimum absolute atomic E-state index is 0.0359. The first-order valence-corrected chi connectivity index (χ1v) is 9.96. The fourth-order valence-electron chi connectivity index (χ4n) is 3.45. The van der Waals surface area contributed by atoms with Crippen molar-refractivity contribution in [2.75, 3.05) is 38.1 Å². The Labute approximate surface area is 171 Å². The highest BCUT2D eigenvalue weighted by Gasteiger charge is 2.23. The number of amides is 1. The van der Waals surface area contributed by atoms with Gasteiger partial charge in [0, 0.05) is 31.9 Å². The highest BCUT2D eigenvalue weighted by Crippen LogP contribution is 2.26. The van der Waals surface area contributed by atoms with Gasteiger partial charge in [0.05, 0.1) is 16.6 Å². The minimum atomic E-state index is 0.0359. The number of rotatable bonds is 7. The molecule has 1 heterocycles. The smallest absolute Gasteiger partial charge is 0.234 e. The van der Waals surface area contributed by atoms with Crippen molar-refractivity contribution in [3.05, 3.63) is 64.1 Å². The lowest BCUT2D eigenvalue weighted by Gasteiger charge is -2.20. The summed E-state index contributed by atoms with van der Waals surface area (Å²) in [4.78, 5) is 16.6. The molecule has 0 aromatic heterocycles. The van der Waals surface area contributed by atoms with Crippen LogP contribution in [0.4, 0.5) is 5.69 Å². The fourth-order valence-corrected chi connectivity index (χ4v) is 3.83. The molecule has 6 heteroatoms. The third-order valence-electron chi connectivity index (χ3n) is 4.88. The zero-order chi connectivity index (χ0) is 19.2. The molecule has 0 bridgehead atoms. The molecule has 1 aliphatic heterocycles. The number of hydrogen-bond donors (Lipinski definition) is 1. The molecule has 1 N–H and O–H groups in total.